The second-order valence-electron chi connectivity index (χ2n) is 3.33. The Morgan fingerprint density at radius 3 is 2.76 bits per heavy atom. The molecule has 0 aliphatic rings. The van der Waals surface area contributed by atoms with Crippen molar-refractivity contribution in [1.82, 2.24) is 9.78 Å². The van der Waals surface area contributed by atoms with Crippen molar-refractivity contribution < 1.29 is 9.18 Å². The van der Waals surface area contributed by atoms with E-state index in [4.69, 9.17) is 11.5 Å². The minimum atomic E-state index is -0.636. The highest BCUT2D eigenvalue weighted by atomic mass is 79.9. The number of rotatable bonds is 2. The monoisotopic (exact) mass is 298 g/mol. The highest BCUT2D eigenvalue weighted by Gasteiger charge is 2.10. The first-order valence-corrected chi connectivity index (χ1v) is 5.38. The van der Waals surface area contributed by atoms with E-state index in [-0.39, 0.29) is 15.9 Å². The lowest BCUT2D eigenvalue weighted by Gasteiger charge is -2.06. The summed E-state index contributed by atoms with van der Waals surface area (Å²) in [6, 6.07) is 4.10. The lowest BCUT2D eigenvalue weighted by Crippen LogP contribution is -2.12. The quantitative estimate of drug-likeness (QED) is 0.823. The summed E-state index contributed by atoms with van der Waals surface area (Å²) in [6.45, 7) is 0. The Bertz CT molecular complexity index is 596. The zero-order valence-corrected chi connectivity index (χ0v) is 10.1. The van der Waals surface area contributed by atoms with E-state index in [1.807, 2.05) is 0 Å². The molecule has 2 aromatic rings. The van der Waals surface area contributed by atoms with Gasteiger partial charge in [0, 0.05) is 12.3 Å². The van der Waals surface area contributed by atoms with Crippen molar-refractivity contribution in [3.8, 4) is 5.69 Å². The van der Waals surface area contributed by atoms with E-state index in [2.05, 4.69) is 21.0 Å². The summed E-state index contributed by atoms with van der Waals surface area (Å²) in [5, 5.41) is 3.93. The smallest absolute Gasteiger partial charge is 0.269 e. The Hall–Kier alpha value is -1.89. The van der Waals surface area contributed by atoms with Crippen LogP contribution in [-0.4, -0.2) is 15.7 Å². The fraction of sp³-hybridized carbons (Fsp3) is 0. The lowest BCUT2D eigenvalue weighted by atomic mass is 10.2. The van der Waals surface area contributed by atoms with Crippen LogP contribution in [0.3, 0.4) is 0 Å². The van der Waals surface area contributed by atoms with Crippen LogP contribution < -0.4 is 11.5 Å². The average molecular weight is 299 g/mol. The van der Waals surface area contributed by atoms with Crippen LogP contribution in [0.2, 0.25) is 0 Å². The van der Waals surface area contributed by atoms with Crippen molar-refractivity contribution in [3.05, 3.63) is 40.4 Å². The van der Waals surface area contributed by atoms with Gasteiger partial charge in [-0.05, 0) is 28.1 Å². The molecule has 1 aromatic heterocycles. The number of hydrogen-bond acceptors (Lipinski definition) is 3. The summed E-state index contributed by atoms with van der Waals surface area (Å²) in [5.41, 5.74) is 11.5. The zero-order valence-electron chi connectivity index (χ0n) is 8.52. The van der Waals surface area contributed by atoms with E-state index in [1.165, 1.54) is 29.1 Å². The van der Waals surface area contributed by atoms with Gasteiger partial charge in [-0.3, -0.25) is 4.79 Å². The van der Waals surface area contributed by atoms with Gasteiger partial charge in [-0.1, -0.05) is 0 Å². The van der Waals surface area contributed by atoms with Gasteiger partial charge in [0.15, 0.2) is 0 Å². The molecule has 0 bridgehead atoms. The number of nitrogens with zero attached hydrogens (tertiary/aromatic N) is 2. The van der Waals surface area contributed by atoms with Crippen LogP contribution in [0.5, 0.6) is 0 Å². The fourth-order valence-electron chi connectivity index (χ4n) is 1.34. The van der Waals surface area contributed by atoms with Crippen LogP contribution in [-0.2, 0) is 0 Å². The van der Waals surface area contributed by atoms with Gasteiger partial charge in [0.25, 0.3) is 5.91 Å². The van der Waals surface area contributed by atoms with Gasteiger partial charge >= 0.3 is 0 Å². The number of hydrogen-bond donors (Lipinski definition) is 2. The predicted octanol–water partition coefficient (Wildman–Crippen LogP) is 1.46. The van der Waals surface area contributed by atoms with Gasteiger partial charge in [-0.25, -0.2) is 9.07 Å². The highest BCUT2D eigenvalue weighted by Crippen LogP contribution is 2.25. The van der Waals surface area contributed by atoms with Crippen molar-refractivity contribution in [2.45, 2.75) is 0 Å². The standard InChI is InChI=1S/C10H8BrFN4O/c11-5-3-9(7(13)4-6(5)12)16-2-1-8(15-16)10(14)17/h1-4H,13H2,(H2,14,17). The number of carbonyl (C=O) groups is 1. The molecule has 17 heavy (non-hydrogen) atoms. The molecule has 0 saturated heterocycles. The largest absolute Gasteiger partial charge is 0.397 e. The number of benzene rings is 1. The topological polar surface area (TPSA) is 86.9 Å². The van der Waals surface area contributed by atoms with Gasteiger partial charge in [0.05, 0.1) is 15.8 Å². The SMILES string of the molecule is NC(=O)c1ccn(-c2cc(Br)c(F)cc2N)n1. The van der Waals surface area contributed by atoms with Crippen LogP contribution in [0.15, 0.2) is 28.9 Å². The molecule has 0 unspecified atom stereocenters. The molecule has 0 spiro atoms. The van der Waals surface area contributed by atoms with E-state index in [0.29, 0.717) is 5.69 Å². The molecule has 5 nitrogen and oxygen atoms in total. The van der Waals surface area contributed by atoms with E-state index < -0.39 is 11.7 Å². The lowest BCUT2D eigenvalue weighted by molar-refractivity contribution is 0.0995. The number of carbonyl (C=O) groups excluding carboxylic acids is 1. The molecule has 4 N–H and O–H groups in total. The van der Waals surface area contributed by atoms with Crippen LogP contribution >= 0.6 is 15.9 Å². The van der Waals surface area contributed by atoms with E-state index >= 15 is 0 Å². The molecule has 0 radical (unpaired) electrons. The molecular weight excluding hydrogens is 291 g/mol. The molecule has 0 fully saturated rings. The second kappa shape index (κ2) is 4.17. The Kier molecular flexibility index (Phi) is 2.84. The first-order valence-electron chi connectivity index (χ1n) is 4.59. The summed E-state index contributed by atoms with van der Waals surface area (Å²) in [5.74, 6) is -1.10. The van der Waals surface area contributed by atoms with Crippen LogP contribution in [0.4, 0.5) is 10.1 Å². The third-order valence-electron chi connectivity index (χ3n) is 2.16. The maximum atomic E-state index is 13.2. The van der Waals surface area contributed by atoms with Gasteiger partial charge in [-0.2, -0.15) is 5.10 Å². The van der Waals surface area contributed by atoms with Crippen LogP contribution in [0.25, 0.3) is 5.69 Å². The minimum Gasteiger partial charge on any atom is -0.397 e. The molecule has 0 aliphatic carbocycles. The number of halogens is 2. The molecule has 7 heteroatoms. The zero-order chi connectivity index (χ0) is 12.6. The average Bonchev–Trinajstić information content (AvgIpc) is 2.72. The third kappa shape index (κ3) is 2.14. The summed E-state index contributed by atoms with van der Waals surface area (Å²) in [6.07, 6.45) is 1.52. The number of primary amides is 1. The second-order valence-corrected chi connectivity index (χ2v) is 4.19. The molecular formula is C10H8BrFN4O. The first kappa shape index (κ1) is 11.6. The van der Waals surface area contributed by atoms with Crippen LogP contribution in [0.1, 0.15) is 10.5 Å². The number of anilines is 1. The summed E-state index contributed by atoms with van der Waals surface area (Å²) in [7, 11) is 0. The van der Waals surface area contributed by atoms with Crippen LogP contribution in [0, 0.1) is 5.82 Å². The van der Waals surface area contributed by atoms with Gasteiger partial charge in [0.1, 0.15) is 11.5 Å². The maximum Gasteiger partial charge on any atom is 0.269 e. The Morgan fingerprint density at radius 2 is 2.18 bits per heavy atom. The van der Waals surface area contributed by atoms with E-state index in [9.17, 15) is 9.18 Å². The molecule has 88 valence electrons. The van der Waals surface area contributed by atoms with Crippen molar-refractivity contribution in [1.29, 1.82) is 0 Å². The summed E-state index contributed by atoms with van der Waals surface area (Å²) in [4.78, 5) is 10.9. The molecule has 0 saturated carbocycles. The first-order chi connectivity index (χ1) is 7.99. The molecule has 1 aromatic carbocycles. The Balaban J connectivity index is 2.52. The van der Waals surface area contributed by atoms with Crippen molar-refractivity contribution in [3.63, 3.8) is 0 Å². The van der Waals surface area contributed by atoms with Crippen molar-refractivity contribution in [2.24, 2.45) is 5.73 Å². The number of amides is 1. The Morgan fingerprint density at radius 1 is 1.47 bits per heavy atom. The molecule has 1 amide bonds. The van der Waals surface area contributed by atoms with E-state index in [0.717, 1.165) is 0 Å². The summed E-state index contributed by atoms with van der Waals surface area (Å²) < 4.78 is 14.8. The van der Waals surface area contributed by atoms with Crippen molar-refractivity contribution >= 4 is 27.5 Å². The van der Waals surface area contributed by atoms with Gasteiger partial charge in [-0.15, -0.1) is 0 Å². The normalized spacial score (nSPS) is 10.5. The van der Waals surface area contributed by atoms with Gasteiger partial charge in [0.2, 0.25) is 0 Å². The molecule has 0 atom stereocenters. The Labute approximate surface area is 104 Å². The van der Waals surface area contributed by atoms with Crippen molar-refractivity contribution in [2.75, 3.05) is 5.73 Å². The predicted molar refractivity (Wildman–Crippen MR) is 64.2 cm³/mol. The maximum absolute atomic E-state index is 13.2. The minimum absolute atomic E-state index is 0.116. The fourth-order valence-corrected chi connectivity index (χ4v) is 1.67. The molecule has 1 heterocycles. The summed E-state index contributed by atoms with van der Waals surface area (Å²) >= 11 is 3.05. The molecule has 2 rings (SSSR count). The number of aromatic nitrogens is 2. The highest BCUT2D eigenvalue weighted by molar-refractivity contribution is 9.10. The van der Waals surface area contributed by atoms with E-state index in [1.54, 1.807) is 0 Å². The third-order valence-corrected chi connectivity index (χ3v) is 2.77. The molecule has 0 aliphatic heterocycles. The number of nitrogens with two attached hydrogens (primary N) is 2. The number of nitrogen functional groups attached to an aromatic ring is 1. The van der Waals surface area contributed by atoms with Gasteiger partial charge < -0.3 is 11.5 Å².